The monoisotopic (exact) mass is 461 g/mol. The summed E-state index contributed by atoms with van der Waals surface area (Å²) in [5, 5.41) is 18.3. The minimum atomic E-state index is -0.378. The Hall–Kier alpha value is -1.75. The second-order valence-electron chi connectivity index (χ2n) is 4.91. The van der Waals surface area contributed by atoms with E-state index in [1.165, 1.54) is 6.07 Å². The highest BCUT2D eigenvalue weighted by molar-refractivity contribution is 14.0. The molecule has 1 aromatic carbocycles. The second kappa shape index (κ2) is 9.52. The van der Waals surface area contributed by atoms with Gasteiger partial charge in [0.1, 0.15) is 0 Å². The number of aryl methyl sites for hydroxylation is 2. The van der Waals surface area contributed by atoms with Gasteiger partial charge in [-0.2, -0.15) is 0 Å². The molecule has 9 heteroatoms. The molecule has 24 heavy (non-hydrogen) atoms. The molecule has 0 amide bonds. The van der Waals surface area contributed by atoms with Crippen LogP contribution in [0.3, 0.4) is 0 Å². The second-order valence-corrected chi connectivity index (χ2v) is 6.19. The quantitative estimate of drug-likeness (QED) is 0.235. The van der Waals surface area contributed by atoms with Crippen LogP contribution in [0.4, 0.5) is 5.69 Å². The Morgan fingerprint density at radius 3 is 2.54 bits per heavy atom. The Kier molecular flexibility index (Phi) is 8.05. The molecular formula is C15H20IN5O2S. The molecule has 0 bridgehead atoms. The highest BCUT2D eigenvalue weighted by Gasteiger charge is 2.12. The number of nitro groups is 1. The first-order valence-corrected chi connectivity index (χ1v) is 7.92. The summed E-state index contributed by atoms with van der Waals surface area (Å²) in [4.78, 5) is 20.3. The molecule has 2 aromatic rings. The lowest BCUT2D eigenvalue weighted by Crippen LogP contribution is -2.36. The fourth-order valence-corrected chi connectivity index (χ4v) is 3.02. The Labute approximate surface area is 161 Å². The van der Waals surface area contributed by atoms with Crippen LogP contribution in [-0.4, -0.2) is 22.9 Å². The van der Waals surface area contributed by atoms with Crippen LogP contribution in [0.2, 0.25) is 0 Å². The van der Waals surface area contributed by atoms with Gasteiger partial charge in [-0.05, 0) is 13.8 Å². The molecule has 0 atom stereocenters. The minimum absolute atomic E-state index is 0. The Morgan fingerprint density at radius 2 is 1.96 bits per heavy atom. The maximum absolute atomic E-state index is 11.0. The van der Waals surface area contributed by atoms with E-state index < -0.39 is 0 Å². The van der Waals surface area contributed by atoms with Gasteiger partial charge in [-0.3, -0.25) is 15.1 Å². The zero-order valence-corrected chi connectivity index (χ0v) is 16.8. The van der Waals surface area contributed by atoms with E-state index in [2.05, 4.69) is 20.6 Å². The average molecular weight is 461 g/mol. The number of guanidine groups is 1. The topological polar surface area (TPSA) is 92.5 Å². The summed E-state index contributed by atoms with van der Waals surface area (Å²) >= 11 is 1.64. The molecule has 0 aliphatic carbocycles. The number of nitro benzene ring substituents is 1. The maximum atomic E-state index is 11.0. The smallest absolute Gasteiger partial charge is 0.274 e. The van der Waals surface area contributed by atoms with Crippen molar-refractivity contribution < 1.29 is 4.92 Å². The lowest BCUT2D eigenvalue weighted by atomic mass is 10.2. The highest BCUT2D eigenvalue weighted by Crippen LogP contribution is 2.18. The van der Waals surface area contributed by atoms with Crippen molar-refractivity contribution >= 4 is 47.0 Å². The van der Waals surface area contributed by atoms with Crippen molar-refractivity contribution in [1.82, 2.24) is 15.6 Å². The normalized spacial score (nSPS) is 10.9. The molecule has 0 spiro atoms. The van der Waals surface area contributed by atoms with Gasteiger partial charge in [0.25, 0.3) is 5.69 Å². The Bertz CT molecular complexity index is 732. The van der Waals surface area contributed by atoms with E-state index in [9.17, 15) is 10.1 Å². The van der Waals surface area contributed by atoms with E-state index in [1.807, 2.05) is 13.8 Å². The Balaban J connectivity index is 0.00000288. The Morgan fingerprint density at radius 1 is 1.29 bits per heavy atom. The standard InChI is InChI=1S/C15H19N5O2S.HI/c1-10-14(23-11(2)19-10)9-18-15(16-3)17-8-12-6-4-5-7-13(12)20(21)22;/h4-7H,8-9H2,1-3H3,(H2,16,17,18);1H. The number of nitrogens with zero attached hydrogens (tertiary/aromatic N) is 3. The molecule has 0 unspecified atom stereocenters. The summed E-state index contributed by atoms with van der Waals surface area (Å²) in [5.41, 5.74) is 1.73. The van der Waals surface area contributed by atoms with Crippen LogP contribution in [0, 0.1) is 24.0 Å². The molecule has 2 rings (SSSR count). The van der Waals surface area contributed by atoms with E-state index in [-0.39, 0.29) is 34.6 Å². The number of nitrogens with one attached hydrogen (secondary N) is 2. The first-order chi connectivity index (χ1) is 11.0. The fraction of sp³-hybridized carbons (Fsp3) is 0.333. The van der Waals surface area contributed by atoms with Crippen molar-refractivity contribution in [2.75, 3.05) is 7.05 Å². The summed E-state index contributed by atoms with van der Waals surface area (Å²) in [5.74, 6) is 0.591. The number of thiazole rings is 1. The van der Waals surface area contributed by atoms with Gasteiger partial charge in [0.15, 0.2) is 5.96 Å². The van der Waals surface area contributed by atoms with E-state index in [0.717, 1.165) is 15.6 Å². The van der Waals surface area contributed by atoms with E-state index in [4.69, 9.17) is 0 Å². The highest BCUT2D eigenvalue weighted by atomic mass is 127. The molecule has 0 aliphatic heterocycles. The van der Waals surface area contributed by atoms with Crippen molar-refractivity contribution in [1.29, 1.82) is 0 Å². The van der Waals surface area contributed by atoms with Crippen molar-refractivity contribution in [2.24, 2.45) is 4.99 Å². The van der Waals surface area contributed by atoms with Crippen LogP contribution in [-0.2, 0) is 13.1 Å². The lowest BCUT2D eigenvalue weighted by molar-refractivity contribution is -0.385. The molecule has 7 nitrogen and oxygen atoms in total. The van der Waals surface area contributed by atoms with Crippen LogP contribution in [0.15, 0.2) is 29.3 Å². The number of benzene rings is 1. The molecule has 1 heterocycles. The molecule has 0 saturated carbocycles. The third-order valence-electron chi connectivity index (χ3n) is 3.27. The first-order valence-electron chi connectivity index (χ1n) is 7.11. The van der Waals surface area contributed by atoms with Crippen molar-refractivity contribution in [2.45, 2.75) is 26.9 Å². The van der Waals surface area contributed by atoms with Gasteiger partial charge in [-0.25, -0.2) is 4.98 Å². The average Bonchev–Trinajstić information content (AvgIpc) is 2.85. The lowest BCUT2D eigenvalue weighted by Gasteiger charge is -2.11. The zero-order valence-electron chi connectivity index (χ0n) is 13.7. The summed E-state index contributed by atoms with van der Waals surface area (Å²) in [7, 11) is 1.67. The minimum Gasteiger partial charge on any atom is -0.352 e. The SMILES string of the molecule is CN=C(NCc1ccccc1[N+](=O)[O-])NCc1sc(C)nc1C.I. The molecule has 0 aliphatic rings. The van der Waals surface area contributed by atoms with E-state index in [1.54, 1.807) is 36.6 Å². The van der Waals surface area contributed by atoms with E-state index in [0.29, 0.717) is 24.6 Å². The third-order valence-corrected chi connectivity index (χ3v) is 4.35. The number of aliphatic imine (C=N–C) groups is 1. The fourth-order valence-electron chi connectivity index (χ4n) is 2.14. The summed E-state index contributed by atoms with van der Waals surface area (Å²) in [6.45, 7) is 4.90. The summed E-state index contributed by atoms with van der Waals surface area (Å²) < 4.78 is 0. The van der Waals surface area contributed by atoms with Gasteiger partial charge < -0.3 is 10.6 Å². The van der Waals surface area contributed by atoms with Crippen LogP contribution < -0.4 is 10.6 Å². The molecule has 2 N–H and O–H groups in total. The van der Waals surface area contributed by atoms with Gasteiger partial charge in [0.2, 0.25) is 0 Å². The van der Waals surface area contributed by atoms with Gasteiger partial charge in [-0.15, -0.1) is 35.3 Å². The summed E-state index contributed by atoms with van der Waals surface area (Å²) in [6.07, 6.45) is 0. The van der Waals surface area contributed by atoms with Crippen LogP contribution in [0.1, 0.15) is 21.1 Å². The largest absolute Gasteiger partial charge is 0.352 e. The first kappa shape index (κ1) is 20.3. The molecule has 0 radical (unpaired) electrons. The number of para-hydroxylation sites is 1. The van der Waals surface area contributed by atoms with Gasteiger partial charge in [0.05, 0.1) is 22.2 Å². The predicted octanol–water partition coefficient (Wildman–Crippen LogP) is 3.15. The maximum Gasteiger partial charge on any atom is 0.274 e. The van der Waals surface area contributed by atoms with Crippen LogP contribution >= 0.6 is 35.3 Å². The van der Waals surface area contributed by atoms with Gasteiger partial charge >= 0.3 is 0 Å². The molecular weight excluding hydrogens is 441 g/mol. The number of aromatic nitrogens is 1. The molecule has 130 valence electrons. The van der Waals surface area contributed by atoms with Crippen molar-refractivity contribution in [3.8, 4) is 0 Å². The predicted molar refractivity (Wildman–Crippen MR) is 107 cm³/mol. The van der Waals surface area contributed by atoms with Crippen LogP contribution in [0.25, 0.3) is 0 Å². The third kappa shape index (κ3) is 5.41. The number of rotatable bonds is 5. The summed E-state index contributed by atoms with van der Waals surface area (Å²) in [6, 6.07) is 6.67. The molecule has 0 fully saturated rings. The number of hydrogen-bond donors (Lipinski definition) is 2. The molecule has 1 aromatic heterocycles. The number of hydrogen-bond acceptors (Lipinski definition) is 5. The molecule has 0 saturated heterocycles. The van der Waals surface area contributed by atoms with Crippen molar-refractivity contribution in [3.63, 3.8) is 0 Å². The van der Waals surface area contributed by atoms with Gasteiger partial charge in [0, 0.05) is 30.1 Å². The van der Waals surface area contributed by atoms with Crippen LogP contribution in [0.5, 0.6) is 0 Å². The van der Waals surface area contributed by atoms with Gasteiger partial charge in [-0.1, -0.05) is 18.2 Å². The zero-order chi connectivity index (χ0) is 16.8. The van der Waals surface area contributed by atoms with E-state index >= 15 is 0 Å². The van der Waals surface area contributed by atoms with Crippen molar-refractivity contribution in [3.05, 3.63) is 55.5 Å². The number of halogens is 1.